The van der Waals surface area contributed by atoms with Crippen LogP contribution >= 0.6 is 22.6 Å². The van der Waals surface area contributed by atoms with Crippen LogP contribution in [-0.2, 0) is 11.2 Å². The highest BCUT2D eigenvalue weighted by atomic mass is 127. The summed E-state index contributed by atoms with van der Waals surface area (Å²) in [5.74, 6) is -0.701. The van der Waals surface area contributed by atoms with Crippen molar-refractivity contribution in [3.8, 4) is 0 Å². The molecule has 0 amide bonds. The number of hydrogen-bond acceptors (Lipinski definition) is 1. The predicted octanol–water partition coefficient (Wildman–Crippen LogP) is 3.72. The number of hydrogen-bond donors (Lipinski definition) is 1. The number of rotatable bonds is 5. The third-order valence-electron chi connectivity index (χ3n) is 2.83. The van der Waals surface area contributed by atoms with Crippen LogP contribution in [0.5, 0.6) is 0 Å². The van der Waals surface area contributed by atoms with E-state index in [4.69, 9.17) is 0 Å². The maximum Gasteiger partial charge on any atom is 0.309 e. The van der Waals surface area contributed by atoms with Gasteiger partial charge in [-0.3, -0.25) is 4.79 Å². The van der Waals surface area contributed by atoms with E-state index >= 15 is 0 Å². The Hall–Kier alpha value is -0.580. The van der Waals surface area contributed by atoms with Gasteiger partial charge in [0, 0.05) is 3.57 Å². The fourth-order valence-electron chi connectivity index (χ4n) is 1.88. The summed E-state index contributed by atoms with van der Waals surface area (Å²) in [4.78, 5) is 11.3. The minimum absolute atomic E-state index is 0.604. The molecule has 2 nitrogen and oxygen atoms in total. The third-order valence-corrected chi connectivity index (χ3v) is 3.54. The molecule has 88 valence electrons. The van der Waals surface area contributed by atoms with Crippen LogP contribution in [0.2, 0.25) is 0 Å². The summed E-state index contributed by atoms with van der Waals surface area (Å²) in [6.07, 6.45) is 2.22. The summed E-state index contributed by atoms with van der Waals surface area (Å²) in [5, 5.41) is 9.28. The Bertz CT molecular complexity index is 359. The van der Waals surface area contributed by atoms with E-state index < -0.39 is 11.4 Å². The predicted molar refractivity (Wildman–Crippen MR) is 73.5 cm³/mol. The summed E-state index contributed by atoms with van der Waals surface area (Å²) < 4.78 is 1.17. The zero-order chi connectivity index (χ0) is 12.2. The SMILES string of the molecule is CCCC(C)(Cc1ccc(I)cc1)C(=O)O. The van der Waals surface area contributed by atoms with Gasteiger partial charge < -0.3 is 5.11 Å². The molecule has 0 bridgehead atoms. The van der Waals surface area contributed by atoms with Gasteiger partial charge in [-0.15, -0.1) is 0 Å². The summed E-state index contributed by atoms with van der Waals surface area (Å²) >= 11 is 2.25. The van der Waals surface area contributed by atoms with Crippen molar-refractivity contribution >= 4 is 28.6 Å². The molecule has 1 atom stereocenters. The van der Waals surface area contributed by atoms with Crippen LogP contribution in [0, 0.1) is 8.99 Å². The molecule has 0 aliphatic heterocycles. The van der Waals surface area contributed by atoms with Gasteiger partial charge in [0.2, 0.25) is 0 Å². The maximum atomic E-state index is 11.3. The Morgan fingerprint density at radius 1 is 1.38 bits per heavy atom. The minimum Gasteiger partial charge on any atom is -0.481 e. The lowest BCUT2D eigenvalue weighted by Gasteiger charge is -2.24. The lowest BCUT2D eigenvalue weighted by atomic mass is 9.80. The topological polar surface area (TPSA) is 37.3 Å². The maximum absolute atomic E-state index is 11.3. The average Bonchev–Trinajstić information content (AvgIpc) is 2.22. The smallest absolute Gasteiger partial charge is 0.309 e. The van der Waals surface area contributed by atoms with Crippen LogP contribution in [0.15, 0.2) is 24.3 Å². The monoisotopic (exact) mass is 332 g/mol. The Morgan fingerprint density at radius 3 is 2.38 bits per heavy atom. The fraction of sp³-hybridized carbons (Fsp3) is 0.462. The van der Waals surface area contributed by atoms with Gasteiger partial charge in [0.25, 0.3) is 0 Å². The normalized spacial score (nSPS) is 14.4. The summed E-state index contributed by atoms with van der Waals surface area (Å²) in [7, 11) is 0. The molecule has 16 heavy (non-hydrogen) atoms. The second-order valence-electron chi connectivity index (χ2n) is 4.42. The van der Waals surface area contributed by atoms with Crippen LogP contribution in [0.3, 0.4) is 0 Å². The van der Waals surface area contributed by atoms with Crippen LogP contribution < -0.4 is 0 Å². The standard InChI is InChI=1S/C13H17IO2/c1-3-8-13(2,12(15)16)9-10-4-6-11(14)7-5-10/h4-7H,3,8-9H2,1-2H3,(H,15,16). The average molecular weight is 332 g/mol. The molecule has 0 saturated heterocycles. The number of halogens is 1. The van der Waals surface area contributed by atoms with E-state index in [0.29, 0.717) is 12.8 Å². The summed E-state index contributed by atoms with van der Waals surface area (Å²) in [5.41, 5.74) is 0.459. The highest BCUT2D eigenvalue weighted by molar-refractivity contribution is 14.1. The van der Waals surface area contributed by atoms with Crippen molar-refractivity contribution < 1.29 is 9.90 Å². The van der Waals surface area contributed by atoms with Gasteiger partial charge >= 0.3 is 5.97 Å². The van der Waals surface area contributed by atoms with Crippen LogP contribution in [0.1, 0.15) is 32.3 Å². The molecular formula is C13H17IO2. The Kier molecular flexibility index (Phi) is 4.77. The molecular weight excluding hydrogens is 315 g/mol. The fourth-order valence-corrected chi connectivity index (χ4v) is 2.24. The first-order chi connectivity index (χ1) is 7.48. The molecule has 0 saturated carbocycles. The van der Waals surface area contributed by atoms with Crippen molar-refractivity contribution in [2.75, 3.05) is 0 Å². The molecule has 0 spiro atoms. The number of benzene rings is 1. The highest BCUT2D eigenvalue weighted by Crippen LogP contribution is 2.28. The Labute approximate surface area is 110 Å². The minimum atomic E-state index is -0.701. The highest BCUT2D eigenvalue weighted by Gasteiger charge is 2.32. The first kappa shape index (κ1) is 13.5. The molecule has 0 aliphatic rings. The molecule has 0 radical (unpaired) electrons. The van der Waals surface area contributed by atoms with Crippen LogP contribution in [-0.4, -0.2) is 11.1 Å². The molecule has 1 aromatic carbocycles. The summed E-state index contributed by atoms with van der Waals surface area (Å²) in [6.45, 7) is 3.85. The van der Waals surface area contributed by atoms with Gasteiger partial charge in [-0.25, -0.2) is 0 Å². The second kappa shape index (κ2) is 5.66. The van der Waals surface area contributed by atoms with Crippen molar-refractivity contribution in [2.45, 2.75) is 33.1 Å². The second-order valence-corrected chi connectivity index (χ2v) is 5.66. The van der Waals surface area contributed by atoms with E-state index in [1.54, 1.807) is 0 Å². The van der Waals surface area contributed by atoms with E-state index in [0.717, 1.165) is 12.0 Å². The zero-order valence-electron chi connectivity index (χ0n) is 9.66. The molecule has 0 fully saturated rings. The molecule has 1 aromatic rings. The molecule has 0 heterocycles. The quantitative estimate of drug-likeness (QED) is 0.835. The molecule has 1 N–H and O–H groups in total. The number of carbonyl (C=O) groups is 1. The van der Waals surface area contributed by atoms with Gasteiger partial charge in [0.1, 0.15) is 0 Å². The van der Waals surface area contributed by atoms with E-state index in [9.17, 15) is 9.90 Å². The van der Waals surface area contributed by atoms with E-state index in [2.05, 4.69) is 22.6 Å². The van der Waals surface area contributed by atoms with Crippen molar-refractivity contribution in [3.05, 3.63) is 33.4 Å². The van der Waals surface area contributed by atoms with Crippen LogP contribution in [0.4, 0.5) is 0 Å². The van der Waals surface area contributed by atoms with Crippen molar-refractivity contribution in [3.63, 3.8) is 0 Å². The first-order valence-electron chi connectivity index (χ1n) is 5.46. The van der Waals surface area contributed by atoms with E-state index in [1.165, 1.54) is 3.57 Å². The van der Waals surface area contributed by atoms with Crippen molar-refractivity contribution in [1.82, 2.24) is 0 Å². The van der Waals surface area contributed by atoms with Crippen LogP contribution in [0.25, 0.3) is 0 Å². The van der Waals surface area contributed by atoms with Gasteiger partial charge in [-0.1, -0.05) is 25.5 Å². The third kappa shape index (κ3) is 3.47. The molecule has 0 aliphatic carbocycles. The van der Waals surface area contributed by atoms with Gasteiger partial charge in [-0.2, -0.15) is 0 Å². The molecule has 3 heteroatoms. The largest absolute Gasteiger partial charge is 0.481 e. The van der Waals surface area contributed by atoms with E-state index in [-0.39, 0.29) is 0 Å². The van der Waals surface area contributed by atoms with Crippen molar-refractivity contribution in [1.29, 1.82) is 0 Å². The molecule has 0 aromatic heterocycles. The number of carboxylic acid groups (broad SMARTS) is 1. The summed E-state index contributed by atoms with van der Waals surface area (Å²) in [6, 6.07) is 8.06. The lowest BCUT2D eigenvalue weighted by Crippen LogP contribution is -2.29. The van der Waals surface area contributed by atoms with Crippen molar-refractivity contribution in [2.24, 2.45) is 5.41 Å². The number of aliphatic carboxylic acids is 1. The Balaban J connectivity index is 2.83. The molecule has 1 rings (SSSR count). The van der Waals surface area contributed by atoms with Gasteiger partial charge in [0.05, 0.1) is 5.41 Å². The molecule has 1 unspecified atom stereocenters. The number of carboxylic acids is 1. The first-order valence-corrected chi connectivity index (χ1v) is 6.53. The van der Waals surface area contributed by atoms with Gasteiger partial charge in [-0.05, 0) is 60.1 Å². The van der Waals surface area contributed by atoms with E-state index in [1.807, 2.05) is 38.1 Å². The zero-order valence-corrected chi connectivity index (χ0v) is 11.8. The Morgan fingerprint density at radius 2 is 1.94 bits per heavy atom. The van der Waals surface area contributed by atoms with Gasteiger partial charge in [0.15, 0.2) is 0 Å². The lowest BCUT2D eigenvalue weighted by molar-refractivity contribution is -0.148.